The summed E-state index contributed by atoms with van der Waals surface area (Å²) in [6, 6.07) is 8.61. The van der Waals surface area contributed by atoms with Crippen molar-refractivity contribution in [3.05, 3.63) is 35.9 Å². The molecule has 4 nitrogen and oxygen atoms in total. The van der Waals surface area contributed by atoms with Crippen molar-refractivity contribution in [3.63, 3.8) is 0 Å². The fourth-order valence-electron chi connectivity index (χ4n) is 1.23. The van der Waals surface area contributed by atoms with Crippen LogP contribution in [0.1, 0.15) is 11.7 Å². The molecule has 0 radical (unpaired) electrons. The highest BCUT2D eigenvalue weighted by atomic mass is 16.3. The van der Waals surface area contributed by atoms with Crippen molar-refractivity contribution in [2.45, 2.75) is 12.2 Å². The molecule has 0 spiro atoms. The molecule has 1 aromatic rings. The lowest BCUT2D eigenvalue weighted by Gasteiger charge is -2.20. The van der Waals surface area contributed by atoms with Gasteiger partial charge >= 0.3 is 0 Å². The van der Waals surface area contributed by atoms with Gasteiger partial charge in [0.2, 0.25) is 0 Å². The van der Waals surface area contributed by atoms with Crippen LogP contribution in [0.15, 0.2) is 30.3 Å². The van der Waals surface area contributed by atoms with E-state index in [2.05, 4.69) is 0 Å². The second kappa shape index (κ2) is 4.91. The van der Waals surface area contributed by atoms with Crippen LogP contribution in [0.3, 0.4) is 0 Å². The Morgan fingerprint density at radius 2 is 1.73 bits per heavy atom. The second-order valence-electron chi connectivity index (χ2n) is 3.53. The third-order valence-electron chi connectivity index (χ3n) is 2.13. The van der Waals surface area contributed by atoms with E-state index >= 15 is 0 Å². The van der Waals surface area contributed by atoms with E-state index in [4.69, 9.17) is 0 Å². The van der Waals surface area contributed by atoms with Gasteiger partial charge in [0.1, 0.15) is 6.10 Å². The smallest absolute Gasteiger partial charge is 0.253 e. The zero-order valence-electron chi connectivity index (χ0n) is 8.79. The fourth-order valence-corrected chi connectivity index (χ4v) is 1.23. The molecule has 0 saturated carbocycles. The van der Waals surface area contributed by atoms with E-state index in [1.54, 1.807) is 30.3 Å². The summed E-state index contributed by atoms with van der Waals surface area (Å²) in [5, 5.41) is 19.3. The van der Waals surface area contributed by atoms with E-state index in [-0.39, 0.29) is 0 Å². The molecular weight excluding hydrogens is 194 g/mol. The lowest BCUT2D eigenvalue weighted by Crippen LogP contribution is -2.37. The maximum Gasteiger partial charge on any atom is 0.253 e. The minimum absolute atomic E-state index is 0.508. The van der Waals surface area contributed by atoms with Crippen LogP contribution in [0, 0.1) is 0 Å². The minimum Gasteiger partial charge on any atom is -0.385 e. The number of aliphatic hydroxyl groups is 2. The van der Waals surface area contributed by atoms with E-state index in [9.17, 15) is 15.0 Å². The summed E-state index contributed by atoms with van der Waals surface area (Å²) in [4.78, 5) is 12.6. The van der Waals surface area contributed by atoms with Crippen LogP contribution in [-0.2, 0) is 4.79 Å². The number of benzene rings is 1. The van der Waals surface area contributed by atoms with Crippen LogP contribution < -0.4 is 0 Å². The molecule has 0 aromatic heterocycles. The van der Waals surface area contributed by atoms with E-state index in [1.807, 2.05) is 0 Å². The molecule has 0 heterocycles. The van der Waals surface area contributed by atoms with Gasteiger partial charge in [-0.3, -0.25) is 4.79 Å². The molecule has 2 atom stereocenters. The van der Waals surface area contributed by atoms with Gasteiger partial charge in [0.05, 0.1) is 0 Å². The Hall–Kier alpha value is -1.39. The zero-order chi connectivity index (χ0) is 11.4. The highest BCUT2D eigenvalue weighted by Gasteiger charge is 2.26. The zero-order valence-corrected chi connectivity index (χ0v) is 8.79. The van der Waals surface area contributed by atoms with Gasteiger partial charge < -0.3 is 15.1 Å². The number of carbonyl (C=O) groups is 1. The van der Waals surface area contributed by atoms with Gasteiger partial charge in [-0.05, 0) is 5.56 Å². The largest absolute Gasteiger partial charge is 0.385 e. The van der Waals surface area contributed by atoms with Crippen molar-refractivity contribution in [1.82, 2.24) is 4.90 Å². The van der Waals surface area contributed by atoms with Crippen molar-refractivity contribution < 1.29 is 15.0 Å². The minimum atomic E-state index is -1.41. The molecule has 15 heavy (non-hydrogen) atoms. The Kier molecular flexibility index (Phi) is 3.82. The predicted octanol–water partition coefficient (Wildman–Crippen LogP) is 0.169. The lowest BCUT2D eigenvalue weighted by atomic mass is 10.0. The average molecular weight is 209 g/mol. The molecule has 1 aromatic carbocycles. The first-order valence-electron chi connectivity index (χ1n) is 4.66. The molecule has 0 saturated heterocycles. The molecule has 0 fully saturated rings. The summed E-state index contributed by atoms with van der Waals surface area (Å²) >= 11 is 0. The molecule has 82 valence electrons. The summed E-state index contributed by atoms with van der Waals surface area (Å²) < 4.78 is 0. The fraction of sp³-hybridized carbons (Fsp3) is 0.364. The normalized spacial score (nSPS) is 14.4. The average Bonchev–Trinajstić information content (AvgIpc) is 2.27. The number of rotatable bonds is 3. The molecule has 2 N–H and O–H groups in total. The van der Waals surface area contributed by atoms with Gasteiger partial charge in [-0.2, -0.15) is 0 Å². The standard InChI is InChI=1S/C11H15NO3/c1-12(2)11(15)10(14)9(13)8-6-4-3-5-7-8/h3-7,9-10,13-14H,1-2H3/t9-,10+/m1/s1. The van der Waals surface area contributed by atoms with Crippen LogP contribution in [-0.4, -0.2) is 41.2 Å². The second-order valence-corrected chi connectivity index (χ2v) is 3.53. The first-order valence-corrected chi connectivity index (χ1v) is 4.66. The number of hydrogen-bond acceptors (Lipinski definition) is 3. The van der Waals surface area contributed by atoms with Crippen LogP contribution in [0.25, 0.3) is 0 Å². The SMILES string of the molecule is CN(C)C(=O)[C@@H](O)[C@H](O)c1ccccc1. The predicted molar refractivity (Wildman–Crippen MR) is 56.1 cm³/mol. The van der Waals surface area contributed by atoms with Gasteiger partial charge in [-0.15, -0.1) is 0 Å². The third-order valence-corrected chi connectivity index (χ3v) is 2.13. The van der Waals surface area contributed by atoms with Gasteiger partial charge in [0, 0.05) is 14.1 Å². The Morgan fingerprint density at radius 3 is 2.20 bits per heavy atom. The molecule has 0 aliphatic carbocycles. The van der Waals surface area contributed by atoms with Crippen molar-refractivity contribution in [2.75, 3.05) is 14.1 Å². The summed E-state index contributed by atoms with van der Waals surface area (Å²) in [6.45, 7) is 0. The van der Waals surface area contributed by atoms with Crippen LogP contribution in [0.2, 0.25) is 0 Å². The van der Waals surface area contributed by atoms with Crippen LogP contribution >= 0.6 is 0 Å². The van der Waals surface area contributed by atoms with Crippen LogP contribution in [0.4, 0.5) is 0 Å². The summed E-state index contributed by atoms with van der Waals surface area (Å²) in [5.74, 6) is -0.508. The Morgan fingerprint density at radius 1 is 1.20 bits per heavy atom. The summed E-state index contributed by atoms with van der Waals surface area (Å²) in [6.07, 6.45) is -2.59. The molecule has 0 unspecified atom stereocenters. The van der Waals surface area contributed by atoms with E-state index < -0.39 is 18.1 Å². The van der Waals surface area contributed by atoms with Crippen molar-refractivity contribution in [1.29, 1.82) is 0 Å². The number of likely N-dealkylation sites (N-methyl/N-ethyl adjacent to an activating group) is 1. The Balaban J connectivity index is 2.77. The number of amides is 1. The molecule has 1 rings (SSSR count). The maximum absolute atomic E-state index is 11.4. The van der Waals surface area contributed by atoms with Gasteiger partial charge in [-0.25, -0.2) is 0 Å². The molecule has 0 bridgehead atoms. The maximum atomic E-state index is 11.4. The van der Waals surface area contributed by atoms with Crippen molar-refractivity contribution in [3.8, 4) is 0 Å². The monoisotopic (exact) mass is 209 g/mol. The van der Waals surface area contributed by atoms with Gasteiger partial charge in [0.25, 0.3) is 5.91 Å². The van der Waals surface area contributed by atoms with Crippen LogP contribution in [0.5, 0.6) is 0 Å². The molecule has 0 aliphatic heterocycles. The van der Waals surface area contributed by atoms with Crippen molar-refractivity contribution in [2.24, 2.45) is 0 Å². The highest BCUT2D eigenvalue weighted by Crippen LogP contribution is 2.17. The van der Waals surface area contributed by atoms with E-state index in [0.717, 1.165) is 0 Å². The molecule has 4 heteroatoms. The van der Waals surface area contributed by atoms with E-state index in [1.165, 1.54) is 19.0 Å². The summed E-state index contributed by atoms with van der Waals surface area (Å²) in [7, 11) is 3.06. The number of nitrogens with zero attached hydrogens (tertiary/aromatic N) is 1. The quantitative estimate of drug-likeness (QED) is 0.746. The molecule has 1 amide bonds. The van der Waals surface area contributed by atoms with Crippen molar-refractivity contribution >= 4 is 5.91 Å². The van der Waals surface area contributed by atoms with Gasteiger partial charge in [-0.1, -0.05) is 30.3 Å². The summed E-state index contributed by atoms with van der Waals surface area (Å²) in [5.41, 5.74) is 0.528. The highest BCUT2D eigenvalue weighted by molar-refractivity contribution is 5.80. The van der Waals surface area contributed by atoms with E-state index in [0.29, 0.717) is 5.56 Å². The first kappa shape index (κ1) is 11.7. The number of carbonyl (C=O) groups excluding carboxylic acids is 1. The Labute approximate surface area is 88.8 Å². The third kappa shape index (κ3) is 2.78. The number of aliphatic hydroxyl groups excluding tert-OH is 2. The van der Waals surface area contributed by atoms with Gasteiger partial charge in [0.15, 0.2) is 6.10 Å². The Bertz CT molecular complexity index is 324. The molecular formula is C11H15NO3. The molecule has 0 aliphatic rings. The lowest BCUT2D eigenvalue weighted by molar-refractivity contribution is -0.143. The first-order chi connectivity index (χ1) is 7.04. The number of hydrogen-bond donors (Lipinski definition) is 2. The topological polar surface area (TPSA) is 60.8 Å².